The predicted molar refractivity (Wildman–Crippen MR) is 71.1 cm³/mol. The average Bonchev–Trinajstić information content (AvgIpc) is 2.96. The van der Waals surface area contributed by atoms with Crippen molar-refractivity contribution < 1.29 is 0 Å². The first kappa shape index (κ1) is 11.5. The van der Waals surface area contributed by atoms with Gasteiger partial charge in [-0.05, 0) is 37.3 Å². The number of nitrogens with two attached hydrogens (primary N) is 1. The summed E-state index contributed by atoms with van der Waals surface area (Å²) in [7, 11) is 0. The Kier molecular flexibility index (Phi) is 2.96. The average molecular weight is 244 g/mol. The number of aromatic nitrogens is 3. The minimum Gasteiger partial charge on any atom is -0.346 e. The first-order valence-corrected chi connectivity index (χ1v) is 6.69. The summed E-state index contributed by atoms with van der Waals surface area (Å²) in [5.41, 5.74) is 7.47. The third kappa shape index (κ3) is 2.20. The van der Waals surface area contributed by atoms with Crippen molar-refractivity contribution in [3.05, 3.63) is 42.2 Å². The van der Waals surface area contributed by atoms with Gasteiger partial charge in [-0.2, -0.15) is 0 Å². The topological polar surface area (TPSA) is 48.8 Å². The molecule has 1 saturated carbocycles. The Morgan fingerprint density at radius 2 is 2.28 bits per heavy atom. The maximum absolute atomic E-state index is 6.21. The Morgan fingerprint density at radius 1 is 1.44 bits per heavy atom. The molecule has 0 amide bonds. The van der Waals surface area contributed by atoms with Crippen molar-refractivity contribution in [2.24, 2.45) is 11.7 Å². The summed E-state index contributed by atoms with van der Waals surface area (Å²) in [6.07, 6.45) is 10.7. The van der Waals surface area contributed by atoms with Gasteiger partial charge in [0.1, 0.15) is 5.82 Å². The van der Waals surface area contributed by atoms with Crippen LogP contribution in [0.5, 0.6) is 0 Å². The number of imidazole rings is 1. The van der Waals surface area contributed by atoms with Crippen molar-refractivity contribution in [1.82, 2.24) is 14.1 Å². The Hall–Kier alpha value is -1.55. The quantitative estimate of drug-likeness (QED) is 0.876. The van der Waals surface area contributed by atoms with Gasteiger partial charge in [-0.1, -0.05) is 0 Å². The van der Waals surface area contributed by atoms with Crippen molar-refractivity contribution in [3.63, 3.8) is 0 Å². The van der Waals surface area contributed by atoms with E-state index in [2.05, 4.69) is 39.5 Å². The standard InChI is InChI=1S/C14H20N4/c1-2-18-8-6-16-13(18)10-17-7-5-12(9-17)14(15)11-3-4-11/h5-9,11,14H,2-4,10,15H2,1H3. The molecule has 2 N–H and O–H groups in total. The van der Waals surface area contributed by atoms with E-state index in [1.807, 2.05) is 12.4 Å². The predicted octanol–water partition coefficient (Wildman–Crippen LogP) is 2.16. The first-order chi connectivity index (χ1) is 8.78. The van der Waals surface area contributed by atoms with Crippen molar-refractivity contribution in [1.29, 1.82) is 0 Å². The van der Waals surface area contributed by atoms with Gasteiger partial charge in [-0.25, -0.2) is 4.98 Å². The molecule has 96 valence electrons. The molecule has 0 aliphatic heterocycles. The first-order valence-electron chi connectivity index (χ1n) is 6.69. The number of nitrogens with zero attached hydrogens (tertiary/aromatic N) is 3. The molecule has 1 atom stereocenters. The van der Waals surface area contributed by atoms with Crippen LogP contribution in [-0.2, 0) is 13.1 Å². The molecule has 2 aromatic rings. The van der Waals surface area contributed by atoms with Gasteiger partial charge in [0.25, 0.3) is 0 Å². The minimum atomic E-state index is 0.220. The van der Waals surface area contributed by atoms with Gasteiger partial charge in [-0.15, -0.1) is 0 Å². The Bertz CT molecular complexity index is 521. The summed E-state index contributed by atoms with van der Waals surface area (Å²) in [6.45, 7) is 3.92. The molecule has 0 radical (unpaired) electrons. The molecule has 18 heavy (non-hydrogen) atoms. The van der Waals surface area contributed by atoms with Gasteiger partial charge in [0, 0.05) is 37.4 Å². The maximum atomic E-state index is 6.21. The summed E-state index contributed by atoms with van der Waals surface area (Å²) in [6, 6.07) is 2.36. The lowest BCUT2D eigenvalue weighted by Crippen LogP contribution is -2.11. The molecule has 0 spiro atoms. The number of aryl methyl sites for hydroxylation is 1. The van der Waals surface area contributed by atoms with E-state index in [0.29, 0.717) is 5.92 Å². The fourth-order valence-electron chi connectivity index (χ4n) is 2.43. The summed E-state index contributed by atoms with van der Waals surface area (Å²) in [4.78, 5) is 4.39. The minimum absolute atomic E-state index is 0.220. The summed E-state index contributed by atoms with van der Waals surface area (Å²) in [5.74, 6) is 1.80. The molecule has 1 fully saturated rings. The third-order valence-electron chi connectivity index (χ3n) is 3.75. The monoisotopic (exact) mass is 244 g/mol. The molecule has 1 unspecified atom stereocenters. The lowest BCUT2D eigenvalue weighted by Gasteiger charge is -2.08. The van der Waals surface area contributed by atoms with E-state index in [1.165, 1.54) is 18.4 Å². The van der Waals surface area contributed by atoms with Gasteiger partial charge in [-0.3, -0.25) is 0 Å². The highest BCUT2D eigenvalue weighted by molar-refractivity contribution is 5.18. The molecule has 4 nitrogen and oxygen atoms in total. The van der Waals surface area contributed by atoms with Crippen LogP contribution in [0, 0.1) is 5.92 Å². The molecule has 2 heterocycles. The highest BCUT2D eigenvalue weighted by atomic mass is 15.1. The number of hydrogen-bond donors (Lipinski definition) is 1. The smallest absolute Gasteiger partial charge is 0.128 e. The second-order valence-electron chi connectivity index (χ2n) is 5.11. The van der Waals surface area contributed by atoms with Crippen LogP contribution in [-0.4, -0.2) is 14.1 Å². The van der Waals surface area contributed by atoms with Crippen LogP contribution in [0.4, 0.5) is 0 Å². The van der Waals surface area contributed by atoms with Gasteiger partial charge in [0.15, 0.2) is 0 Å². The van der Waals surface area contributed by atoms with Gasteiger partial charge < -0.3 is 14.9 Å². The van der Waals surface area contributed by atoms with E-state index in [4.69, 9.17) is 5.73 Å². The maximum Gasteiger partial charge on any atom is 0.128 e. The second kappa shape index (κ2) is 4.61. The van der Waals surface area contributed by atoms with Crippen LogP contribution in [0.3, 0.4) is 0 Å². The van der Waals surface area contributed by atoms with Crippen LogP contribution in [0.15, 0.2) is 30.9 Å². The van der Waals surface area contributed by atoms with E-state index in [1.54, 1.807) is 0 Å². The van der Waals surface area contributed by atoms with Crippen LogP contribution >= 0.6 is 0 Å². The van der Waals surface area contributed by atoms with Gasteiger partial charge in [0.05, 0.1) is 6.54 Å². The van der Waals surface area contributed by atoms with E-state index < -0.39 is 0 Å². The lowest BCUT2D eigenvalue weighted by atomic mass is 10.1. The van der Waals surface area contributed by atoms with E-state index in [-0.39, 0.29) is 6.04 Å². The van der Waals surface area contributed by atoms with Gasteiger partial charge in [0.2, 0.25) is 0 Å². The van der Waals surface area contributed by atoms with Crippen LogP contribution in [0.1, 0.15) is 37.2 Å². The van der Waals surface area contributed by atoms with Gasteiger partial charge >= 0.3 is 0 Å². The lowest BCUT2D eigenvalue weighted by molar-refractivity contribution is 0.624. The van der Waals surface area contributed by atoms with E-state index >= 15 is 0 Å². The highest BCUT2D eigenvalue weighted by Crippen LogP contribution is 2.39. The van der Waals surface area contributed by atoms with Crippen LogP contribution in [0.2, 0.25) is 0 Å². The van der Waals surface area contributed by atoms with E-state index in [9.17, 15) is 0 Å². The Labute approximate surface area is 107 Å². The van der Waals surface area contributed by atoms with Crippen LogP contribution < -0.4 is 5.73 Å². The Morgan fingerprint density at radius 3 is 3.00 bits per heavy atom. The Balaban J connectivity index is 1.73. The highest BCUT2D eigenvalue weighted by Gasteiger charge is 2.29. The summed E-state index contributed by atoms with van der Waals surface area (Å²) in [5, 5.41) is 0. The molecule has 1 aliphatic carbocycles. The zero-order chi connectivity index (χ0) is 12.5. The molecule has 2 aromatic heterocycles. The molecule has 4 heteroatoms. The molecular weight excluding hydrogens is 224 g/mol. The normalized spacial score (nSPS) is 17.0. The third-order valence-corrected chi connectivity index (χ3v) is 3.75. The largest absolute Gasteiger partial charge is 0.346 e. The van der Waals surface area contributed by atoms with Crippen molar-refractivity contribution in [3.8, 4) is 0 Å². The number of rotatable bonds is 5. The fourth-order valence-corrected chi connectivity index (χ4v) is 2.43. The number of hydrogen-bond acceptors (Lipinski definition) is 2. The summed E-state index contributed by atoms with van der Waals surface area (Å²) < 4.78 is 4.34. The molecule has 0 bridgehead atoms. The SMILES string of the molecule is CCn1ccnc1Cn1ccc(C(N)C2CC2)c1. The zero-order valence-electron chi connectivity index (χ0n) is 10.8. The van der Waals surface area contributed by atoms with E-state index in [0.717, 1.165) is 18.9 Å². The molecule has 3 rings (SSSR count). The molecular formula is C14H20N4. The second-order valence-corrected chi connectivity index (χ2v) is 5.11. The van der Waals surface area contributed by atoms with Crippen molar-refractivity contribution >= 4 is 0 Å². The van der Waals surface area contributed by atoms with Crippen molar-refractivity contribution in [2.45, 2.75) is 38.9 Å². The molecule has 0 aromatic carbocycles. The van der Waals surface area contributed by atoms with Crippen molar-refractivity contribution in [2.75, 3.05) is 0 Å². The molecule has 1 aliphatic rings. The molecule has 0 saturated heterocycles. The fraction of sp³-hybridized carbons (Fsp3) is 0.500. The summed E-state index contributed by atoms with van der Waals surface area (Å²) >= 11 is 0. The van der Waals surface area contributed by atoms with Crippen LogP contribution in [0.25, 0.3) is 0 Å². The zero-order valence-corrected chi connectivity index (χ0v) is 10.8.